The molecule has 4 N–H and O–H groups in total. The number of Topliss-reactive ketones (excluding diaryl/α,β-unsaturated/α-hetero) is 1. The lowest BCUT2D eigenvalue weighted by molar-refractivity contribution is -0.176. The molecule has 3 saturated carbocycles. The van der Waals surface area contributed by atoms with Crippen LogP contribution in [0.1, 0.15) is 111 Å². The van der Waals surface area contributed by atoms with E-state index < -0.39 is 22.4 Å². The number of ether oxygens (including phenoxy) is 4. The van der Waals surface area contributed by atoms with Crippen molar-refractivity contribution in [3.63, 3.8) is 0 Å². The number of fused-ring (bicyclic) bond motifs is 4. The van der Waals surface area contributed by atoms with Crippen molar-refractivity contribution in [2.24, 2.45) is 11.8 Å². The average Bonchev–Trinajstić information content (AvgIpc) is 3.30. The van der Waals surface area contributed by atoms with Gasteiger partial charge in [0, 0.05) is 58.3 Å². The molecule has 9 rings (SSSR count). The average molecular weight is 851 g/mol. The van der Waals surface area contributed by atoms with Crippen LogP contribution in [0.3, 0.4) is 0 Å². The third-order valence-corrected chi connectivity index (χ3v) is 14.8. The van der Waals surface area contributed by atoms with E-state index in [1.807, 2.05) is 18.2 Å². The van der Waals surface area contributed by atoms with Crippen LogP contribution in [0.4, 0.5) is 5.69 Å². The first-order chi connectivity index (χ1) is 29.1. The highest BCUT2D eigenvalue weighted by molar-refractivity contribution is 8.00. The van der Waals surface area contributed by atoms with E-state index in [9.17, 15) is 15.0 Å². The number of hydrogen-bond acceptors (Lipinski definition) is 10. The SMILES string of the molecule is CC(C)=CCCC1(C)C=Cc2c(c(CC=C(C)C)c3c(c2OCCCCO)C2=C4C(Sc5ccccc5N2)C2CC5C(C)(C)OC(C/C=C(/C)C(=O)NCCO)(C2=O)C45O3)O1. The number of benzene rings is 2. The second kappa shape index (κ2) is 16.4. The summed E-state index contributed by atoms with van der Waals surface area (Å²) in [6, 6.07) is 8.27. The molecule has 4 fully saturated rings. The molecule has 2 aromatic rings. The summed E-state index contributed by atoms with van der Waals surface area (Å²) >= 11 is 1.71. The van der Waals surface area contributed by atoms with E-state index >= 15 is 4.79 Å². The predicted octanol–water partition coefficient (Wildman–Crippen LogP) is 8.90. The number of hydrogen-bond donors (Lipinski definition) is 4. The first-order valence-electron chi connectivity index (χ1n) is 22.0. The highest BCUT2D eigenvalue weighted by Crippen LogP contribution is 2.73. The Bertz CT molecular complexity index is 2280. The number of ketones is 1. The van der Waals surface area contributed by atoms with E-state index in [2.05, 4.69) is 95.5 Å². The van der Waals surface area contributed by atoms with Crippen LogP contribution >= 0.6 is 11.8 Å². The van der Waals surface area contributed by atoms with Crippen LogP contribution in [-0.2, 0) is 20.7 Å². The number of nitrogens with one attached hydrogen (secondary N) is 2. The van der Waals surface area contributed by atoms with Gasteiger partial charge in [0.1, 0.15) is 22.8 Å². The molecule has 3 aliphatic carbocycles. The standard InChI is InChI=1S/C50H62N2O8S/c1-29(2)14-13-21-48(8)22-20-33-41(58-48)32(18-17-30(3)4)43-38(42(33)57-27-12-11-25-53)40-39-44(61-36-16-10-9-15-35(36)52-40)34-28-37-47(6,7)60-49(45(34)55,50(37,39)59-43)23-19-31(5)46(56)51-24-26-54/h9-10,14-17,19-20,22,34,37,44,52-54H,11-13,18,21,23-28H2,1-8H3,(H,51,56)/b31-19-. The number of aliphatic hydroxyl groups is 2. The van der Waals surface area contributed by atoms with Crippen molar-refractivity contribution >= 4 is 40.9 Å². The van der Waals surface area contributed by atoms with Crippen molar-refractivity contribution in [2.45, 2.75) is 133 Å². The molecule has 11 heteroatoms. The van der Waals surface area contributed by atoms with Crippen LogP contribution in [0.2, 0.25) is 0 Å². The molecule has 1 spiro atoms. The smallest absolute Gasteiger partial charge is 0.246 e. The van der Waals surface area contributed by atoms with Gasteiger partial charge in [-0.25, -0.2) is 0 Å². The maximum absolute atomic E-state index is 15.6. The Labute approximate surface area is 364 Å². The summed E-state index contributed by atoms with van der Waals surface area (Å²) in [5, 5.41) is 25.6. The molecule has 6 atom stereocenters. The molecule has 4 aliphatic heterocycles. The van der Waals surface area contributed by atoms with Gasteiger partial charge in [0.05, 0.1) is 41.3 Å². The van der Waals surface area contributed by atoms with Crippen molar-refractivity contribution in [3.05, 3.63) is 87.6 Å². The highest BCUT2D eigenvalue weighted by Gasteiger charge is 2.83. The van der Waals surface area contributed by atoms with Gasteiger partial charge < -0.3 is 39.8 Å². The Morgan fingerprint density at radius 2 is 1.77 bits per heavy atom. The minimum Gasteiger partial charge on any atom is -0.492 e. The fraction of sp³-hybridized carbons (Fsp3) is 0.520. The molecule has 2 aromatic carbocycles. The van der Waals surface area contributed by atoms with Crippen LogP contribution in [0, 0.1) is 11.8 Å². The number of para-hydroxylation sites is 1. The zero-order chi connectivity index (χ0) is 43.5. The Morgan fingerprint density at radius 1 is 1.00 bits per heavy atom. The van der Waals surface area contributed by atoms with Crippen LogP contribution in [-0.4, -0.2) is 75.9 Å². The van der Waals surface area contributed by atoms with Crippen molar-refractivity contribution in [2.75, 3.05) is 31.7 Å². The van der Waals surface area contributed by atoms with E-state index in [4.69, 9.17) is 18.9 Å². The van der Waals surface area contributed by atoms with Gasteiger partial charge in [0.2, 0.25) is 5.91 Å². The highest BCUT2D eigenvalue weighted by atomic mass is 32.2. The number of rotatable bonds is 15. The van der Waals surface area contributed by atoms with Crippen molar-refractivity contribution in [3.8, 4) is 17.2 Å². The maximum Gasteiger partial charge on any atom is 0.246 e. The lowest BCUT2D eigenvalue weighted by Gasteiger charge is -2.61. The summed E-state index contributed by atoms with van der Waals surface area (Å²) < 4.78 is 29.4. The molecule has 4 heterocycles. The van der Waals surface area contributed by atoms with Gasteiger partial charge >= 0.3 is 0 Å². The van der Waals surface area contributed by atoms with Gasteiger partial charge in [0.25, 0.3) is 0 Å². The summed E-state index contributed by atoms with van der Waals surface area (Å²) in [6.45, 7) is 16.8. The lowest BCUT2D eigenvalue weighted by Crippen LogP contribution is -2.75. The first kappa shape index (κ1) is 43.4. The van der Waals surface area contributed by atoms with Gasteiger partial charge in [-0.1, -0.05) is 41.5 Å². The number of amides is 1. The summed E-state index contributed by atoms with van der Waals surface area (Å²) in [5.41, 5.74) is 4.00. The number of carbonyl (C=O) groups excluding carboxylic acids is 2. The molecule has 61 heavy (non-hydrogen) atoms. The van der Waals surface area contributed by atoms with Crippen molar-refractivity contribution in [1.82, 2.24) is 5.32 Å². The second-order valence-electron chi connectivity index (χ2n) is 18.7. The third kappa shape index (κ3) is 7.17. The monoisotopic (exact) mass is 850 g/mol. The summed E-state index contributed by atoms with van der Waals surface area (Å²) in [6.07, 6.45) is 14.6. The van der Waals surface area contributed by atoms with Crippen LogP contribution < -0.4 is 24.8 Å². The van der Waals surface area contributed by atoms with Gasteiger partial charge in [0.15, 0.2) is 17.0 Å². The Morgan fingerprint density at radius 3 is 2.51 bits per heavy atom. The normalized spacial score (nSPS) is 28.3. The molecular formula is C50H62N2O8S. The molecular weight excluding hydrogens is 789 g/mol. The molecule has 1 saturated heterocycles. The number of carbonyl (C=O) groups is 2. The number of anilines is 1. The first-order valence-corrected chi connectivity index (χ1v) is 22.9. The van der Waals surface area contributed by atoms with E-state index in [-0.39, 0.29) is 55.0 Å². The zero-order valence-electron chi connectivity index (χ0n) is 37.0. The van der Waals surface area contributed by atoms with Crippen molar-refractivity contribution in [1.29, 1.82) is 0 Å². The largest absolute Gasteiger partial charge is 0.492 e. The Kier molecular flexibility index (Phi) is 11.7. The summed E-state index contributed by atoms with van der Waals surface area (Å²) in [5.74, 6) is 1.02. The lowest BCUT2D eigenvalue weighted by atomic mass is 9.49. The fourth-order valence-corrected chi connectivity index (χ4v) is 12.0. The number of thioether (sulfide) groups is 1. The van der Waals surface area contributed by atoms with Crippen LogP contribution in [0.5, 0.6) is 17.2 Å². The third-order valence-electron chi connectivity index (χ3n) is 13.4. The van der Waals surface area contributed by atoms with Crippen LogP contribution in [0.15, 0.2) is 75.8 Å². The topological polar surface area (TPSA) is 136 Å². The second-order valence-corrected chi connectivity index (χ2v) is 19.9. The maximum atomic E-state index is 15.6. The van der Waals surface area contributed by atoms with Gasteiger partial charge in [-0.3, -0.25) is 9.59 Å². The fourth-order valence-electron chi connectivity index (χ4n) is 10.5. The number of allylic oxidation sites excluding steroid dienone is 4. The number of unbranched alkanes of at least 4 members (excludes halogenated alkanes) is 1. The zero-order valence-corrected chi connectivity index (χ0v) is 37.8. The van der Waals surface area contributed by atoms with Gasteiger partial charge in [-0.2, -0.15) is 0 Å². The molecule has 7 aliphatic rings. The summed E-state index contributed by atoms with van der Waals surface area (Å²) in [4.78, 5) is 29.9. The Balaban J connectivity index is 1.43. The van der Waals surface area contributed by atoms with Crippen LogP contribution in [0.25, 0.3) is 11.8 Å². The molecule has 6 unspecified atom stereocenters. The molecule has 4 bridgehead atoms. The van der Waals surface area contributed by atoms with Gasteiger partial charge in [-0.15, -0.1) is 11.8 Å². The van der Waals surface area contributed by atoms with E-state index in [1.165, 1.54) is 5.57 Å². The van der Waals surface area contributed by atoms with Gasteiger partial charge in [-0.05, 0) is 118 Å². The minimum absolute atomic E-state index is 0.00658. The molecule has 0 radical (unpaired) electrons. The minimum atomic E-state index is -1.47. The van der Waals surface area contributed by atoms with E-state index in [0.29, 0.717) is 55.1 Å². The quantitative estimate of drug-likeness (QED) is 0.0782. The summed E-state index contributed by atoms with van der Waals surface area (Å²) in [7, 11) is 0. The molecule has 1 amide bonds. The van der Waals surface area contributed by atoms with E-state index in [0.717, 1.165) is 57.0 Å². The molecule has 326 valence electrons. The van der Waals surface area contributed by atoms with E-state index in [1.54, 1.807) is 18.7 Å². The molecule has 10 nitrogen and oxygen atoms in total. The Hall–Kier alpha value is -4.29. The van der Waals surface area contributed by atoms with Crippen molar-refractivity contribution < 1.29 is 38.7 Å². The number of aliphatic hydroxyl groups excluding tert-OH is 2. The predicted molar refractivity (Wildman–Crippen MR) is 241 cm³/mol. The molecule has 0 aromatic heterocycles.